The highest BCUT2D eigenvalue weighted by Crippen LogP contribution is 2.31. The number of aryl methyl sites for hydroxylation is 1. The average molecular weight is 272 g/mol. The van der Waals surface area contributed by atoms with Crippen molar-refractivity contribution in [2.45, 2.75) is 51.6 Å². The number of nitrogens with zero attached hydrogens (tertiary/aromatic N) is 1. The number of nitrogens with one attached hydrogen (secondary N) is 1. The highest BCUT2D eigenvalue weighted by atomic mass is 15.2. The maximum atomic E-state index is 3.75. The van der Waals surface area contributed by atoms with Crippen LogP contribution >= 0.6 is 0 Å². The van der Waals surface area contributed by atoms with Crippen LogP contribution in [-0.4, -0.2) is 36.6 Å². The molecule has 110 valence electrons. The molecule has 1 aromatic carbocycles. The first kappa shape index (κ1) is 14.1. The number of rotatable bonds is 6. The first-order valence-electron chi connectivity index (χ1n) is 8.24. The van der Waals surface area contributed by atoms with Crippen molar-refractivity contribution in [3.63, 3.8) is 0 Å². The number of hydrogen-bond donors (Lipinski definition) is 1. The Morgan fingerprint density at radius 2 is 2.05 bits per heavy atom. The third-order valence-electron chi connectivity index (χ3n) is 4.92. The van der Waals surface area contributed by atoms with E-state index in [4.69, 9.17) is 0 Å². The molecule has 1 heterocycles. The third kappa shape index (κ3) is 3.62. The molecular formula is C18H28N2. The molecule has 2 atom stereocenters. The summed E-state index contributed by atoms with van der Waals surface area (Å²) in [5, 5.41) is 3.75. The van der Waals surface area contributed by atoms with Crippen molar-refractivity contribution < 1.29 is 0 Å². The Kier molecular flexibility index (Phi) is 4.42. The highest BCUT2D eigenvalue weighted by molar-refractivity contribution is 5.26. The molecule has 0 bridgehead atoms. The molecule has 2 nitrogen and oxygen atoms in total. The molecule has 2 heteroatoms. The van der Waals surface area contributed by atoms with Crippen molar-refractivity contribution in [3.05, 3.63) is 35.4 Å². The van der Waals surface area contributed by atoms with Gasteiger partial charge in [0.05, 0.1) is 0 Å². The Bertz CT molecular complexity index is 439. The SMILES string of the molecule is Cc1ccccc1C[C@H](C)NC[C@H]1CCN(C2CC2)C1. The Hall–Kier alpha value is -0.860. The van der Waals surface area contributed by atoms with E-state index in [-0.39, 0.29) is 0 Å². The minimum Gasteiger partial charge on any atom is -0.314 e. The van der Waals surface area contributed by atoms with Gasteiger partial charge in [0.1, 0.15) is 0 Å². The summed E-state index contributed by atoms with van der Waals surface area (Å²) in [5.41, 5.74) is 2.90. The lowest BCUT2D eigenvalue weighted by molar-refractivity contribution is 0.309. The van der Waals surface area contributed by atoms with Gasteiger partial charge in [-0.2, -0.15) is 0 Å². The molecule has 0 unspecified atom stereocenters. The normalized spacial score (nSPS) is 25.0. The van der Waals surface area contributed by atoms with Crippen LogP contribution in [0.5, 0.6) is 0 Å². The fourth-order valence-corrected chi connectivity index (χ4v) is 3.41. The lowest BCUT2D eigenvalue weighted by Crippen LogP contribution is -2.34. The van der Waals surface area contributed by atoms with Crippen LogP contribution in [0.4, 0.5) is 0 Å². The van der Waals surface area contributed by atoms with Crippen LogP contribution in [0.15, 0.2) is 24.3 Å². The fraction of sp³-hybridized carbons (Fsp3) is 0.667. The smallest absolute Gasteiger partial charge is 0.00965 e. The number of likely N-dealkylation sites (tertiary alicyclic amines) is 1. The van der Waals surface area contributed by atoms with Gasteiger partial charge in [-0.25, -0.2) is 0 Å². The topological polar surface area (TPSA) is 15.3 Å². The molecule has 0 spiro atoms. The molecule has 0 amide bonds. The van der Waals surface area contributed by atoms with Gasteiger partial charge in [-0.15, -0.1) is 0 Å². The second-order valence-electron chi connectivity index (χ2n) is 6.82. The largest absolute Gasteiger partial charge is 0.314 e. The van der Waals surface area contributed by atoms with Crippen molar-refractivity contribution in [1.82, 2.24) is 10.2 Å². The van der Waals surface area contributed by atoms with E-state index in [1.54, 1.807) is 0 Å². The van der Waals surface area contributed by atoms with E-state index in [1.807, 2.05) is 0 Å². The zero-order valence-corrected chi connectivity index (χ0v) is 12.9. The van der Waals surface area contributed by atoms with Crippen LogP contribution in [0.3, 0.4) is 0 Å². The first-order chi connectivity index (χ1) is 9.72. The quantitative estimate of drug-likeness (QED) is 0.856. The van der Waals surface area contributed by atoms with E-state index in [9.17, 15) is 0 Å². The molecule has 20 heavy (non-hydrogen) atoms. The maximum absolute atomic E-state index is 3.75. The molecule has 1 aliphatic carbocycles. The van der Waals surface area contributed by atoms with Gasteiger partial charge in [0.15, 0.2) is 0 Å². The number of benzene rings is 1. The van der Waals surface area contributed by atoms with Gasteiger partial charge in [-0.3, -0.25) is 0 Å². The molecular weight excluding hydrogens is 244 g/mol. The van der Waals surface area contributed by atoms with E-state index in [0.717, 1.165) is 18.4 Å². The van der Waals surface area contributed by atoms with Crippen LogP contribution < -0.4 is 5.32 Å². The minimum atomic E-state index is 0.575. The second kappa shape index (κ2) is 6.28. The molecule has 1 aromatic rings. The Labute approximate surface area is 123 Å². The van der Waals surface area contributed by atoms with E-state index in [0.29, 0.717) is 6.04 Å². The van der Waals surface area contributed by atoms with E-state index < -0.39 is 0 Å². The molecule has 0 radical (unpaired) electrons. The Morgan fingerprint density at radius 3 is 2.80 bits per heavy atom. The van der Waals surface area contributed by atoms with Gasteiger partial charge in [0.2, 0.25) is 0 Å². The lowest BCUT2D eigenvalue weighted by Gasteiger charge is -2.19. The maximum Gasteiger partial charge on any atom is 0.00965 e. The zero-order valence-electron chi connectivity index (χ0n) is 12.9. The predicted octanol–water partition coefficient (Wildman–Crippen LogP) is 3.00. The van der Waals surface area contributed by atoms with Crippen molar-refractivity contribution in [2.75, 3.05) is 19.6 Å². The molecule has 1 saturated carbocycles. The van der Waals surface area contributed by atoms with Crippen LogP contribution in [-0.2, 0) is 6.42 Å². The predicted molar refractivity (Wildman–Crippen MR) is 85.0 cm³/mol. The van der Waals surface area contributed by atoms with E-state index in [1.165, 1.54) is 50.0 Å². The van der Waals surface area contributed by atoms with Gasteiger partial charge in [0, 0.05) is 18.6 Å². The molecule has 1 saturated heterocycles. The first-order valence-corrected chi connectivity index (χ1v) is 8.24. The summed E-state index contributed by atoms with van der Waals surface area (Å²) in [6.07, 6.45) is 5.43. The molecule has 0 aromatic heterocycles. The zero-order chi connectivity index (χ0) is 13.9. The van der Waals surface area contributed by atoms with Gasteiger partial charge in [-0.1, -0.05) is 24.3 Å². The monoisotopic (exact) mass is 272 g/mol. The second-order valence-corrected chi connectivity index (χ2v) is 6.82. The Balaban J connectivity index is 1.41. The van der Waals surface area contributed by atoms with Gasteiger partial charge in [0.25, 0.3) is 0 Å². The van der Waals surface area contributed by atoms with Crippen LogP contribution in [0.25, 0.3) is 0 Å². The highest BCUT2D eigenvalue weighted by Gasteiger charge is 2.34. The van der Waals surface area contributed by atoms with Crippen molar-refractivity contribution in [3.8, 4) is 0 Å². The molecule has 1 aliphatic heterocycles. The van der Waals surface area contributed by atoms with Crippen LogP contribution in [0, 0.1) is 12.8 Å². The van der Waals surface area contributed by atoms with Gasteiger partial charge < -0.3 is 10.2 Å². The lowest BCUT2D eigenvalue weighted by atomic mass is 10.0. The summed E-state index contributed by atoms with van der Waals surface area (Å²) in [4.78, 5) is 2.71. The third-order valence-corrected chi connectivity index (χ3v) is 4.92. The summed E-state index contributed by atoms with van der Waals surface area (Å²) >= 11 is 0. The summed E-state index contributed by atoms with van der Waals surface area (Å²) in [6.45, 7) is 8.39. The van der Waals surface area contributed by atoms with E-state index in [2.05, 4.69) is 48.3 Å². The summed E-state index contributed by atoms with van der Waals surface area (Å²) in [7, 11) is 0. The van der Waals surface area contributed by atoms with Crippen LogP contribution in [0.1, 0.15) is 37.3 Å². The molecule has 3 rings (SSSR count). The molecule has 1 N–H and O–H groups in total. The number of hydrogen-bond acceptors (Lipinski definition) is 2. The summed E-state index contributed by atoms with van der Waals surface area (Å²) < 4.78 is 0. The average Bonchev–Trinajstić information content (AvgIpc) is 3.18. The van der Waals surface area contributed by atoms with Crippen molar-refractivity contribution in [2.24, 2.45) is 5.92 Å². The minimum absolute atomic E-state index is 0.575. The Morgan fingerprint density at radius 1 is 1.25 bits per heavy atom. The van der Waals surface area contributed by atoms with Crippen molar-refractivity contribution >= 4 is 0 Å². The van der Waals surface area contributed by atoms with Crippen LogP contribution in [0.2, 0.25) is 0 Å². The summed E-state index contributed by atoms with van der Waals surface area (Å²) in [5.74, 6) is 0.870. The van der Waals surface area contributed by atoms with E-state index >= 15 is 0 Å². The van der Waals surface area contributed by atoms with Crippen molar-refractivity contribution in [1.29, 1.82) is 0 Å². The molecule has 2 fully saturated rings. The standard InChI is InChI=1S/C18H28N2/c1-14-5-3-4-6-17(14)11-15(2)19-12-16-9-10-20(13-16)18-7-8-18/h3-6,15-16,18-19H,7-13H2,1-2H3/t15-,16+/m0/s1. The fourth-order valence-electron chi connectivity index (χ4n) is 3.41. The molecule has 2 aliphatic rings. The summed E-state index contributed by atoms with van der Waals surface area (Å²) in [6, 6.07) is 10.3. The van der Waals surface area contributed by atoms with Gasteiger partial charge in [-0.05, 0) is 69.7 Å². The van der Waals surface area contributed by atoms with Gasteiger partial charge >= 0.3 is 0 Å².